The van der Waals surface area contributed by atoms with Gasteiger partial charge in [-0.05, 0) is 31.4 Å². The Labute approximate surface area is 167 Å². The topological polar surface area (TPSA) is 36.9 Å². The van der Waals surface area contributed by atoms with Gasteiger partial charge in [0.2, 0.25) is 0 Å². The first-order valence-corrected chi connectivity index (χ1v) is 9.63. The van der Waals surface area contributed by atoms with Crippen molar-refractivity contribution in [3.8, 4) is 5.75 Å². The predicted octanol–water partition coefficient (Wildman–Crippen LogP) is 3.87. The molecule has 24 heavy (non-hydrogen) atoms. The molecule has 136 valence electrons. The summed E-state index contributed by atoms with van der Waals surface area (Å²) in [6.45, 7) is 6.19. The fraction of sp³-hybridized carbons (Fsp3) is 0.611. The first-order valence-electron chi connectivity index (χ1n) is 8.58. The van der Waals surface area contributed by atoms with Gasteiger partial charge in [-0.3, -0.25) is 4.99 Å². The van der Waals surface area contributed by atoms with Gasteiger partial charge in [-0.2, -0.15) is 11.8 Å². The standard InChI is InChI=1S/C18H29N3OS.HI/c1-3-17-15-21(12-14-23-17)18(19-2)20-11-7-8-13-22-16-9-5-4-6-10-16;/h4-6,9-10,17H,3,7-8,11-15H2,1-2H3,(H,19,20);1H. The number of unbranched alkanes of at least 4 members (excludes halogenated alkanes) is 1. The molecule has 0 aliphatic carbocycles. The second-order valence-electron chi connectivity index (χ2n) is 5.69. The maximum absolute atomic E-state index is 5.71. The maximum Gasteiger partial charge on any atom is 0.193 e. The summed E-state index contributed by atoms with van der Waals surface area (Å²) >= 11 is 2.09. The minimum atomic E-state index is 0. The van der Waals surface area contributed by atoms with Crippen molar-refractivity contribution in [3.05, 3.63) is 30.3 Å². The van der Waals surface area contributed by atoms with Gasteiger partial charge in [-0.1, -0.05) is 25.1 Å². The van der Waals surface area contributed by atoms with Gasteiger partial charge in [0.25, 0.3) is 0 Å². The van der Waals surface area contributed by atoms with E-state index in [4.69, 9.17) is 4.74 Å². The normalized spacial score (nSPS) is 18.0. The Balaban J connectivity index is 0.00000288. The van der Waals surface area contributed by atoms with Crippen molar-refractivity contribution in [2.45, 2.75) is 31.4 Å². The van der Waals surface area contributed by atoms with Gasteiger partial charge in [0.05, 0.1) is 6.61 Å². The fourth-order valence-corrected chi connectivity index (χ4v) is 3.81. The number of benzene rings is 1. The molecule has 1 aliphatic rings. The highest BCUT2D eigenvalue weighted by Gasteiger charge is 2.21. The highest BCUT2D eigenvalue weighted by atomic mass is 127. The number of halogens is 1. The summed E-state index contributed by atoms with van der Waals surface area (Å²) in [5.74, 6) is 3.20. The minimum absolute atomic E-state index is 0. The molecule has 0 radical (unpaired) electrons. The first kappa shape index (κ1) is 21.4. The number of guanidine groups is 1. The van der Waals surface area contributed by atoms with Crippen LogP contribution in [-0.4, -0.2) is 55.2 Å². The van der Waals surface area contributed by atoms with Crippen LogP contribution >= 0.6 is 35.7 Å². The van der Waals surface area contributed by atoms with Crippen LogP contribution in [0.4, 0.5) is 0 Å². The maximum atomic E-state index is 5.71. The number of hydrogen-bond acceptors (Lipinski definition) is 3. The summed E-state index contributed by atoms with van der Waals surface area (Å²) < 4.78 is 5.71. The van der Waals surface area contributed by atoms with Gasteiger partial charge in [0.1, 0.15) is 5.75 Å². The number of aliphatic imine (C=N–C) groups is 1. The lowest BCUT2D eigenvalue weighted by atomic mass is 10.3. The van der Waals surface area contributed by atoms with Crippen LogP contribution in [0.5, 0.6) is 5.75 Å². The molecule has 1 aliphatic heterocycles. The van der Waals surface area contributed by atoms with Crippen molar-refractivity contribution in [2.24, 2.45) is 4.99 Å². The van der Waals surface area contributed by atoms with E-state index in [-0.39, 0.29) is 24.0 Å². The van der Waals surface area contributed by atoms with E-state index in [1.54, 1.807) is 0 Å². The highest BCUT2D eigenvalue weighted by Crippen LogP contribution is 2.20. The van der Waals surface area contributed by atoms with E-state index < -0.39 is 0 Å². The molecule has 1 atom stereocenters. The number of nitrogens with one attached hydrogen (secondary N) is 1. The molecule has 4 nitrogen and oxygen atoms in total. The van der Waals surface area contributed by atoms with Gasteiger partial charge in [0.15, 0.2) is 5.96 Å². The van der Waals surface area contributed by atoms with E-state index in [1.807, 2.05) is 37.4 Å². The Kier molecular flexibility index (Phi) is 11.3. The third kappa shape index (κ3) is 7.51. The summed E-state index contributed by atoms with van der Waals surface area (Å²) in [4.78, 5) is 6.83. The predicted molar refractivity (Wildman–Crippen MR) is 116 cm³/mol. The Morgan fingerprint density at radius 2 is 2.12 bits per heavy atom. The first-order chi connectivity index (χ1) is 11.3. The zero-order valence-electron chi connectivity index (χ0n) is 14.7. The van der Waals surface area contributed by atoms with Crippen LogP contribution in [0.15, 0.2) is 35.3 Å². The van der Waals surface area contributed by atoms with E-state index in [9.17, 15) is 0 Å². The van der Waals surface area contributed by atoms with Crippen LogP contribution in [0.1, 0.15) is 26.2 Å². The van der Waals surface area contributed by atoms with E-state index in [1.165, 1.54) is 12.2 Å². The summed E-state index contributed by atoms with van der Waals surface area (Å²) in [6.07, 6.45) is 3.37. The Morgan fingerprint density at radius 1 is 1.33 bits per heavy atom. The van der Waals surface area contributed by atoms with Gasteiger partial charge < -0.3 is 15.0 Å². The lowest BCUT2D eigenvalue weighted by molar-refractivity contribution is 0.306. The zero-order valence-corrected chi connectivity index (χ0v) is 17.9. The fourth-order valence-electron chi connectivity index (χ4n) is 2.62. The summed E-state index contributed by atoms with van der Waals surface area (Å²) in [6, 6.07) is 10.0. The van der Waals surface area contributed by atoms with Crippen LogP contribution in [0.2, 0.25) is 0 Å². The molecule has 1 aromatic rings. The number of para-hydroxylation sites is 1. The lowest BCUT2D eigenvalue weighted by Crippen LogP contribution is -2.48. The van der Waals surface area contributed by atoms with Crippen LogP contribution in [0.25, 0.3) is 0 Å². The molecule has 0 bridgehead atoms. The molecule has 0 amide bonds. The van der Waals surface area contributed by atoms with Gasteiger partial charge in [-0.15, -0.1) is 24.0 Å². The molecular weight excluding hydrogens is 433 g/mol. The third-order valence-electron chi connectivity index (χ3n) is 3.97. The third-order valence-corrected chi connectivity index (χ3v) is 5.34. The second-order valence-corrected chi connectivity index (χ2v) is 7.10. The molecule has 2 rings (SSSR count). The number of nitrogens with zero attached hydrogens (tertiary/aromatic N) is 2. The van der Waals surface area contributed by atoms with Crippen molar-refractivity contribution in [1.29, 1.82) is 0 Å². The van der Waals surface area contributed by atoms with E-state index in [2.05, 4.69) is 33.9 Å². The summed E-state index contributed by atoms with van der Waals surface area (Å²) in [5.41, 5.74) is 0. The SMILES string of the molecule is CCC1CN(C(=NC)NCCCCOc2ccccc2)CCS1.I. The molecule has 6 heteroatoms. The molecule has 1 unspecified atom stereocenters. The number of rotatable bonds is 7. The molecule has 1 N–H and O–H groups in total. The Hall–Kier alpha value is -0.630. The van der Waals surface area contributed by atoms with Crippen molar-refractivity contribution in [1.82, 2.24) is 10.2 Å². The molecule has 0 saturated carbocycles. The van der Waals surface area contributed by atoms with Gasteiger partial charge >= 0.3 is 0 Å². The van der Waals surface area contributed by atoms with Gasteiger partial charge in [-0.25, -0.2) is 0 Å². The summed E-state index contributed by atoms with van der Waals surface area (Å²) in [7, 11) is 1.88. The molecule has 0 aromatic heterocycles. The molecule has 1 fully saturated rings. The summed E-state index contributed by atoms with van der Waals surface area (Å²) in [5, 5.41) is 4.23. The van der Waals surface area contributed by atoms with Crippen molar-refractivity contribution in [2.75, 3.05) is 39.0 Å². The van der Waals surface area contributed by atoms with E-state index in [0.29, 0.717) is 0 Å². The second kappa shape index (κ2) is 12.7. The van der Waals surface area contributed by atoms with Gasteiger partial charge in [0, 0.05) is 37.7 Å². The van der Waals surface area contributed by atoms with Crippen molar-refractivity contribution in [3.63, 3.8) is 0 Å². The van der Waals surface area contributed by atoms with Crippen LogP contribution in [-0.2, 0) is 0 Å². The van der Waals surface area contributed by atoms with E-state index >= 15 is 0 Å². The Bertz CT molecular complexity index is 473. The van der Waals surface area contributed by atoms with Crippen LogP contribution in [0, 0.1) is 0 Å². The number of ether oxygens (including phenoxy) is 1. The van der Waals surface area contributed by atoms with Crippen LogP contribution in [0.3, 0.4) is 0 Å². The smallest absolute Gasteiger partial charge is 0.193 e. The minimum Gasteiger partial charge on any atom is -0.494 e. The van der Waals surface area contributed by atoms with Crippen LogP contribution < -0.4 is 10.1 Å². The van der Waals surface area contributed by atoms with Crippen molar-refractivity contribution < 1.29 is 4.74 Å². The van der Waals surface area contributed by atoms with Crippen molar-refractivity contribution >= 4 is 41.7 Å². The molecule has 1 saturated heterocycles. The zero-order chi connectivity index (χ0) is 16.3. The highest BCUT2D eigenvalue weighted by molar-refractivity contribution is 14.0. The average molecular weight is 463 g/mol. The quantitative estimate of drug-likeness (QED) is 0.288. The molecule has 1 heterocycles. The number of thioether (sulfide) groups is 1. The molecular formula is C18H30IN3OS. The largest absolute Gasteiger partial charge is 0.494 e. The van der Waals surface area contributed by atoms with E-state index in [0.717, 1.165) is 56.0 Å². The Morgan fingerprint density at radius 3 is 2.83 bits per heavy atom. The molecule has 0 spiro atoms. The average Bonchev–Trinajstić information content (AvgIpc) is 2.62. The molecule has 1 aromatic carbocycles. The number of hydrogen-bond donors (Lipinski definition) is 1. The lowest BCUT2D eigenvalue weighted by Gasteiger charge is -2.34. The monoisotopic (exact) mass is 463 g/mol.